The van der Waals surface area contributed by atoms with Gasteiger partial charge in [-0.05, 0) is 54.9 Å². The Hall–Kier alpha value is -1.70. The van der Waals surface area contributed by atoms with E-state index in [2.05, 4.69) is 25.9 Å². The van der Waals surface area contributed by atoms with Crippen molar-refractivity contribution in [3.05, 3.63) is 50.8 Å². The van der Waals surface area contributed by atoms with Gasteiger partial charge in [-0.15, -0.1) is 0 Å². The van der Waals surface area contributed by atoms with E-state index < -0.39 is 0 Å². The van der Waals surface area contributed by atoms with E-state index in [1.165, 1.54) is 0 Å². The molecule has 0 bridgehead atoms. The first kappa shape index (κ1) is 19.1. The van der Waals surface area contributed by atoms with E-state index in [0.29, 0.717) is 41.9 Å². The molecule has 1 fully saturated rings. The molecule has 6 nitrogen and oxygen atoms in total. The molecule has 1 saturated heterocycles. The molecule has 1 aliphatic rings. The van der Waals surface area contributed by atoms with Crippen LogP contribution in [-0.2, 0) is 4.84 Å². The van der Waals surface area contributed by atoms with E-state index in [0.717, 1.165) is 10.2 Å². The van der Waals surface area contributed by atoms with Crippen molar-refractivity contribution in [3.8, 4) is 0 Å². The standard InChI is InChI=1S/C18H20BrClN4O2/c1-11-8-17(22-13(3)21-11)24-7-6-23(10-12(2)26-24)18(25)15-9-14(20)4-5-16(15)19/h4-5,8-9,12H,6-7,10H2,1-3H3/t12-/m0/s1. The third kappa shape index (κ3) is 4.34. The lowest BCUT2D eigenvalue weighted by molar-refractivity contribution is 0.0422. The van der Waals surface area contributed by atoms with Crippen molar-refractivity contribution in [2.24, 2.45) is 0 Å². The molecule has 2 heterocycles. The lowest BCUT2D eigenvalue weighted by atomic mass is 10.2. The molecule has 0 unspecified atom stereocenters. The molecular formula is C18H20BrClN4O2. The van der Waals surface area contributed by atoms with Crippen LogP contribution in [0.1, 0.15) is 28.8 Å². The molecule has 0 saturated carbocycles. The van der Waals surface area contributed by atoms with Crippen molar-refractivity contribution < 1.29 is 9.63 Å². The number of aromatic nitrogens is 2. The van der Waals surface area contributed by atoms with Crippen molar-refractivity contribution >= 4 is 39.3 Å². The van der Waals surface area contributed by atoms with Gasteiger partial charge in [0.05, 0.1) is 12.1 Å². The smallest absolute Gasteiger partial charge is 0.255 e. The van der Waals surface area contributed by atoms with Crippen molar-refractivity contribution in [2.75, 3.05) is 24.7 Å². The van der Waals surface area contributed by atoms with Gasteiger partial charge in [0.15, 0.2) is 5.82 Å². The highest BCUT2D eigenvalue weighted by atomic mass is 79.9. The molecule has 0 N–H and O–H groups in total. The molecule has 0 aliphatic carbocycles. The average molecular weight is 440 g/mol. The summed E-state index contributed by atoms with van der Waals surface area (Å²) in [5, 5.41) is 2.27. The first-order valence-corrected chi connectivity index (χ1v) is 9.51. The highest BCUT2D eigenvalue weighted by Crippen LogP contribution is 2.24. The number of hydrogen-bond acceptors (Lipinski definition) is 5. The van der Waals surface area contributed by atoms with Gasteiger partial charge < -0.3 is 4.90 Å². The molecule has 1 aliphatic heterocycles. The fraction of sp³-hybridized carbons (Fsp3) is 0.389. The minimum atomic E-state index is -0.171. The third-order valence-corrected chi connectivity index (χ3v) is 4.94. The maximum Gasteiger partial charge on any atom is 0.255 e. The van der Waals surface area contributed by atoms with E-state index in [9.17, 15) is 4.79 Å². The van der Waals surface area contributed by atoms with Gasteiger partial charge in [-0.1, -0.05) is 11.6 Å². The van der Waals surface area contributed by atoms with E-state index >= 15 is 0 Å². The quantitative estimate of drug-likeness (QED) is 0.712. The number of halogens is 2. The number of carbonyl (C=O) groups excluding carboxylic acids is 1. The summed E-state index contributed by atoms with van der Waals surface area (Å²) in [5.41, 5.74) is 1.43. The Morgan fingerprint density at radius 1 is 1.27 bits per heavy atom. The van der Waals surface area contributed by atoms with Crippen LogP contribution in [0.25, 0.3) is 0 Å². The second-order valence-corrected chi connectivity index (χ2v) is 7.60. The second-order valence-electron chi connectivity index (χ2n) is 6.31. The summed E-state index contributed by atoms with van der Waals surface area (Å²) in [6.45, 7) is 7.23. The van der Waals surface area contributed by atoms with Crippen LogP contribution in [0.2, 0.25) is 5.02 Å². The van der Waals surface area contributed by atoms with E-state index in [-0.39, 0.29) is 12.0 Å². The molecule has 8 heteroatoms. The van der Waals surface area contributed by atoms with Crippen LogP contribution >= 0.6 is 27.5 Å². The number of amides is 1. The van der Waals surface area contributed by atoms with Crippen LogP contribution in [0.4, 0.5) is 5.82 Å². The van der Waals surface area contributed by atoms with Crippen LogP contribution in [-0.4, -0.2) is 46.5 Å². The maximum absolute atomic E-state index is 13.0. The van der Waals surface area contributed by atoms with Crippen molar-refractivity contribution in [3.63, 3.8) is 0 Å². The summed E-state index contributed by atoms with van der Waals surface area (Å²) in [7, 11) is 0. The van der Waals surface area contributed by atoms with Gasteiger partial charge >= 0.3 is 0 Å². The van der Waals surface area contributed by atoms with Gasteiger partial charge in [0.25, 0.3) is 5.91 Å². The van der Waals surface area contributed by atoms with Gasteiger partial charge in [0, 0.05) is 34.3 Å². The zero-order valence-electron chi connectivity index (χ0n) is 14.9. The normalized spacial score (nSPS) is 18.0. The Labute approximate surface area is 166 Å². The van der Waals surface area contributed by atoms with Gasteiger partial charge in [-0.25, -0.2) is 15.0 Å². The number of anilines is 1. The number of rotatable bonds is 2. The molecule has 26 heavy (non-hydrogen) atoms. The van der Waals surface area contributed by atoms with Crippen molar-refractivity contribution in [1.29, 1.82) is 0 Å². The summed E-state index contributed by atoms with van der Waals surface area (Å²) in [6, 6.07) is 7.09. The van der Waals surface area contributed by atoms with Gasteiger partial charge in [0.1, 0.15) is 11.9 Å². The third-order valence-electron chi connectivity index (χ3n) is 4.01. The Kier molecular flexibility index (Phi) is 5.79. The lowest BCUT2D eigenvalue weighted by Crippen LogP contribution is -2.37. The predicted molar refractivity (Wildman–Crippen MR) is 104 cm³/mol. The molecular weight excluding hydrogens is 420 g/mol. The Bertz CT molecular complexity index is 813. The van der Waals surface area contributed by atoms with Crippen LogP contribution < -0.4 is 5.06 Å². The zero-order chi connectivity index (χ0) is 18.8. The highest BCUT2D eigenvalue weighted by molar-refractivity contribution is 9.10. The summed E-state index contributed by atoms with van der Waals surface area (Å²) in [6.07, 6.45) is -0.171. The number of nitrogens with zero attached hydrogens (tertiary/aromatic N) is 4. The largest absolute Gasteiger partial charge is 0.334 e. The minimum absolute atomic E-state index is 0.0771. The topological polar surface area (TPSA) is 58.6 Å². The molecule has 1 aromatic carbocycles. The zero-order valence-corrected chi connectivity index (χ0v) is 17.2. The van der Waals surface area contributed by atoms with E-state index in [1.807, 2.05) is 26.8 Å². The number of carbonyl (C=O) groups is 1. The summed E-state index contributed by atoms with van der Waals surface area (Å²) >= 11 is 9.49. The van der Waals surface area contributed by atoms with E-state index in [1.54, 1.807) is 28.2 Å². The maximum atomic E-state index is 13.0. The summed E-state index contributed by atoms with van der Waals surface area (Å²) < 4.78 is 0.726. The van der Waals surface area contributed by atoms with Crippen molar-refractivity contribution in [2.45, 2.75) is 26.9 Å². The number of hydroxylamine groups is 1. The summed E-state index contributed by atoms with van der Waals surface area (Å²) in [5.74, 6) is 1.32. The van der Waals surface area contributed by atoms with Crippen LogP contribution in [0.3, 0.4) is 0 Å². The second kappa shape index (κ2) is 7.90. The number of aryl methyl sites for hydroxylation is 2. The van der Waals surface area contributed by atoms with Crippen LogP contribution in [0.15, 0.2) is 28.7 Å². The molecule has 3 rings (SSSR count). The lowest BCUT2D eigenvalue weighted by Gasteiger charge is -2.22. The molecule has 1 aromatic heterocycles. The molecule has 1 atom stereocenters. The van der Waals surface area contributed by atoms with Crippen LogP contribution in [0, 0.1) is 13.8 Å². The molecule has 1 amide bonds. The first-order valence-electron chi connectivity index (χ1n) is 8.34. The van der Waals surface area contributed by atoms with Gasteiger partial charge in [0.2, 0.25) is 0 Å². The van der Waals surface area contributed by atoms with E-state index in [4.69, 9.17) is 16.4 Å². The number of hydrogen-bond donors (Lipinski definition) is 0. The predicted octanol–water partition coefficient (Wildman–Crippen LogP) is 3.79. The molecule has 2 aromatic rings. The minimum Gasteiger partial charge on any atom is -0.334 e. The fourth-order valence-corrected chi connectivity index (χ4v) is 3.51. The molecule has 0 spiro atoms. The Morgan fingerprint density at radius 3 is 2.77 bits per heavy atom. The molecule has 0 radical (unpaired) electrons. The van der Waals surface area contributed by atoms with Crippen LogP contribution in [0.5, 0.6) is 0 Å². The Morgan fingerprint density at radius 2 is 2.04 bits per heavy atom. The molecule has 138 valence electrons. The SMILES string of the molecule is Cc1cc(N2CCN(C(=O)c3cc(Cl)ccc3Br)C[C@H](C)O2)nc(C)n1. The van der Waals surface area contributed by atoms with Gasteiger partial charge in [-0.2, -0.15) is 0 Å². The van der Waals surface area contributed by atoms with Gasteiger partial charge in [-0.3, -0.25) is 9.63 Å². The van der Waals surface area contributed by atoms with Crippen molar-refractivity contribution in [1.82, 2.24) is 14.9 Å². The Balaban J connectivity index is 1.80. The summed E-state index contributed by atoms with van der Waals surface area (Å²) in [4.78, 5) is 29.5. The first-order chi connectivity index (χ1) is 12.3. The monoisotopic (exact) mass is 438 g/mol. The highest BCUT2D eigenvalue weighted by Gasteiger charge is 2.27. The fourth-order valence-electron chi connectivity index (χ4n) is 2.93. The average Bonchev–Trinajstić information content (AvgIpc) is 2.77. The number of benzene rings is 1.